The van der Waals surface area contributed by atoms with Crippen LogP contribution in [0.1, 0.15) is 0 Å². The number of hydrogen-bond donors (Lipinski definition) is 2. The van der Waals surface area contributed by atoms with E-state index in [-0.39, 0.29) is 0 Å². The predicted octanol–water partition coefficient (Wildman–Crippen LogP) is 4.84. The summed E-state index contributed by atoms with van der Waals surface area (Å²) in [4.78, 5) is 27.1. The van der Waals surface area contributed by atoms with Crippen molar-refractivity contribution in [3.05, 3.63) is 48.5 Å². The number of nitrogens with zero attached hydrogens (tertiary/aromatic N) is 4. The predicted molar refractivity (Wildman–Crippen MR) is 105 cm³/mol. The Balaban J connectivity index is 1.44. The normalized spacial score (nSPS) is 11.8. The second-order valence-electron chi connectivity index (χ2n) is 5.85. The van der Waals surface area contributed by atoms with Gasteiger partial charge in [0.1, 0.15) is 0 Å². The van der Waals surface area contributed by atoms with Crippen LogP contribution in [-0.2, 0) is 0 Å². The quantitative estimate of drug-likeness (QED) is 0.454. The molecule has 0 radical (unpaired) electrons. The lowest BCUT2D eigenvalue weighted by Gasteiger charge is -1.88. The van der Waals surface area contributed by atoms with Crippen LogP contribution < -0.4 is 0 Å². The maximum Gasteiger partial charge on any atom is 0.167 e. The molecule has 26 heavy (non-hydrogen) atoms. The molecule has 0 atom stereocenters. The highest BCUT2D eigenvalue weighted by atomic mass is 32.1. The number of para-hydroxylation sites is 4. The van der Waals surface area contributed by atoms with Crippen LogP contribution in [0.5, 0.6) is 0 Å². The number of H-pyrrole nitrogens is 2. The molecule has 0 aliphatic carbocycles. The van der Waals surface area contributed by atoms with Gasteiger partial charge in [-0.05, 0) is 24.3 Å². The molecule has 0 saturated carbocycles. The zero-order valence-corrected chi connectivity index (χ0v) is 14.9. The Morgan fingerprint density at radius 2 is 1.04 bits per heavy atom. The van der Waals surface area contributed by atoms with Crippen molar-refractivity contribution >= 4 is 54.4 Å². The van der Waals surface area contributed by atoms with Crippen molar-refractivity contribution in [3.63, 3.8) is 0 Å². The van der Waals surface area contributed by atoms with Gasteiger partial charge in [-0.3, -0.25) is 0 Å². The Hall–Kier alpha value is -3.10. The molecule has 0 aliphatic rings. The minimum atomic E-state index is 0.784. The van der Waals surface area contributed by atoms with Crippen molar-refractivity contribution in [3.8, 4) is 21.7 Å². The fraction of sp³-hybridized carbons (Fsp3) is 0. The first-order valence-corrected chi connectivity index (χ1v) is 9.64. The number of benzene rings is 2. The first kappa shape index (κ1) is 14.1. The Morgan fingerprint density at radius 1 is 0.577 bits per heavy atom. The highest BCUT2D eigenvalue weighted by Gasteiger charge is 2.17. The van der Waals surface area contributed by atoms with Crippen LogP contribution in [0.25, 0.3) is 53.4 Å². The van der Waals surface area contributed by atoms with Crippen molar-refractivity contribution in [1.82, 2.24) is 29.9 Å². The standard InChI is InChI=1S/C18H10N6S2/c1-2-6-10-9(5-1)19-13(20-10)15-23-17-18(25-15)24-16(26-17)14-21-11-7-3-4-8-12(11)22-14/h1-8H,(H,19,20)(H,21,22). The Kier molecular flexibility index (Phi) is 2.82. The number of aromatic amines is 2. The molecule has 2 aromatic carbocycles. The van der Waals surface area contributed by atoms with Crippen LogP contribution >= 0.6 is 22.7 Å². The molecule has 124 valence electrons. The van der Waals surface area contributed by atoms with Gasteiger partial charge in [0, 0.05) is 0 Å². The lowest BCUT2D eigenvalue weighted by molar-refractivity contribution is 1.31. The van der Waals surface area contributed by atoms with E-state index in [9.17, 15) is 0 Å². The zero-order valence-electron chi connectivity index (χ0n) is 13.2. The molecule has 0 unspecified atom stereocenters. The highest BCUT2D eigenvalue weighted by molar-refractivity contribution is 7.29. The van der Waals surface area contributed by atoms with Crippen LogP contribution in [0.3, 0.4) is 0 Å². The van der Waals surface area contributed by atoms with E-state index < -0.39 is 0 Å². The molecule has 4 aromatic heterocycles. The summed E-state index contributed by atoms with van der Waals surface area (Å²) in [5.74, 6) is 1.57. The van der Waals surface area contributed by atoms with Gasteiger partial charge in [0.25, 0.3) is 0 Å². The molecule has 0 fully saturated rings. The van der Waals surface area contributed by atoms with Crippen LogP contribution in [0, 0.1) is 0 Å². The summed E-state index contributed by atoms with van der Waals surface area (Å²) in [6, 6.07) is 16.0. The van der Waals surface area contributed by atoms with E-state index in [4.69, 9.17) is 9.97 Å². The Labute approximate surface area is 154 Å². The molecule has 6 aromatic rings. The van der Waals surface area contributed by atoms with Gasteiger partial charge in [0.05, 0.1) is 22.1 Å². The number of imidazole rings is 2. The number of fused-ring (bicyclic) bond motifs is 3. The lowest BCUT2D eigenvalue weighted by atomic mass is 10.3. The topological polar surface area (TPSA) is 83.1 Å². The summed E-state index contributed by atoms with van der Waals surface area (Å²) in [5.41, 5.74) is 3.91. The van der Waals surface area contributed by atoms with Crippen molar-refractivity contribution in [2.45, 2.75) is 0 Å². The summed E-state index contributed by atoms with van der Waals surface area (Å²) < 4.78 is 0. The molecule has 2 N–H and O–H groups in total. The number of rotatable bonds is 2. The first-order valence-electron chi connectivity index (χ1n) is 8.01. The van der Waals surface area contributed by atoms with Crippen molar-refractivity contribution in [2.75, 3.05) is 0 Å². The van der Waals surface area contributed by atoms with Crippen molar-refractivity contribution in [1.29, 1.82) is 0 Å². The van der Waals surface area contributed by atoms with Crippen LogP contribution in [0.4, 0.5) is 0 Å². The minimum absolute atomic E-state index is 0.784. The summed E-state index contributed by atoms with van der Waals surface area (Å²) >= 11 is 3.08. The first-order chi connectivity index (χ1) is 12.8. The zero-order chi connectivity index (χ0) is 17.1. The molecule has 0 saturated heterocycles. The van der Waals surface area contributed by atoms with Gasteiger partial charge in [-0.15, -0.1) is 0 Å². The van der Waals surface area contributed by atoms with Gasteiger partial charge in [0.2, 0.25) is 0 Å². The summed E-state index contributed by atoms with van der Waals surface area (Å²) in [6.45, 7) is 0. The number of hydrogen-bond acceptors (Lipinski definition) is 6. The molecule has 6 nitrogen and oxygen atoms in total. The smallest absolute Gasteiger partial charge is 0.167 e. The molecular weight excluding hydrogens is 364 g/mol. The van der Waals surface area contributed by atoms with E-state index in [1.807, 2.05) is 48.5 Å². The molecule has 0 amide bonds. The second-order valence-corrected chi connectivity index (χ2v) is 7.81. The van der Waals surface area contributed by atoms with Gasteiger partial charge in [-0.1, -0.05) is 46.9 Å². The van der Waals surface area contributed by atoms with E-state index in [1.54, 1.807) is 22.7 Å². The number of thiazole rings is 2. The van der Waals surface area contributed by atoms with E-state index >= 15 is 0 Å². The third kappa shape index (κ3) is 2.09. The van der Waals surface area contributed by atoms with Gasteiger partial charge >= 0.3 is 0 Å². The van der Waals surface area contributed by atoms with Crippen LogP contribution in [0.2, 0.25) is 0 Å². The fourth-order valence-corrected chi connectivity index (χ4v) is 4.88. The largest absolute Gasteiger partial charge is 0.336 e. The molecule has 0 spiro atoms. The fourth-order valence-electron chi connectivity index (χ4n) is 2.95. The van der Waals surface area contributed by atoms with Crippen LogP contribution in [0.15, 0.2) is 48.5 Å². The van der Waals surface area contributed by atoms with Gasteiger partial charge in [0.15, 0.2) is 31.3 Å². The Morgan fingerprint density at radius 3 is 1.50 bits per heavy atom. The summed E-state index contributed by atoms with van der Waals surface area (Å²) in [5, 5.41) is 1.71. The molecule has 4 heterocycles. The van der Waals surface area contributed by atoms with E-state index in [0.29, 0.717) is 0 Å². The number of nitrogens with one attached hydrogen (secondary N) is 2. The monoisotopic (exact) mass is 374 g/mol. The minimum Gasteiger partial charge on any atom is -0.336 e. The average molecular weight is 374 g/mol. The lowest BCUT2D eigenvalue weighted by Crippen LogP contribution is -1.78. The van der Waals surface area contributed by atoms with Gasteiger partial charge < -0.3 is 9.97 Å². The summed E-state index contributed by atoms with van der Waals surface area (Å²) in [7, 11) is 0. The van der Waals surface area contributed by atoms with Crippen molar-refractivity contribution in [2.24, 2.45) is 0 Å². The number of aromatic nitrogens is 6. The molecule has 6 rings (SSSR count). The maximum absolute atomic E-state index is 4.72. The molecular formula is C18H10N6S2. The Bertz CT molecular complexity index is 1200. The summed E-state index contributed by atoms with van der Waals surface area (Å²) in [6.07, 6.45) is 0. The maximum atomic E-state index is 4.72. The molecule has 0 bridgehead atoms. The second kappa shape index (κ2) is 5.20. The molecule has 8 heteroatoms. The third-order valence-electron chi connectivity index (χ3n) is 4.16. The SMILES string of the molecule is c1ccc2[nH]c(-c3nc4sc(-c5nc6ccccc6[nH]5)nc4s3)nc2c1. The van der Waals surface area contributed by atoms with E-state index in [2.05, 4.69) is 19.9 Å². The van der Waals surface area contributed by atoms with Crippen LogP contribution in [-0.4, -0.2) is 29.9 Å². The van der Waals surface area contributed by atoms with Crippen molar-refractivity contribution < 1.29 is 0 Å². The third-order valence-corrected chi connectivity index (χ3v) is 6.20. The average Bonchev–Trinajstić information content (AvgIpc) is 3.40. The highest BCUT2D eigenvalue weighted by Crippen LogP contribution is 2.35. The van der Waals surface area contributed by atoms with E-state index in [1.165, 1.54) is 0 Å². The van der Waals surface area contributed by atoms with Gasteiger partial charge in [-0.2, -0.15) is 0 Å². The van der Waals surface area contributed by atoms with Gasteiger partial charge in [-0.25, -0.2) is 19.9 Å². The van der Waals surface area contributed by atoms with E-state index in [0.717, 1.165) is 53.4 Å². The molecule has 0 aliphatic heterocycles.